The molecule has 336 valence electrons. The van der Waals surface area contributed by atoms with E-state index in [1.165, 1.54) is 33.4 Å². The Bertz CT molecular complexity index is 1460. The topological polar surface area (TPSA) is 43.5 Å². The Kier molecular flexibility index (Phi) is 15.1. The van der Waals surface area contributed by atoms with E-state index in [1.807, 2.05) is 0 Å². The zero-order chi connectivity index (χ0) is 44.6. The highest BCUT2D eigenvalue weighted by molar-refractivity contribution is 5.55. The fourth-order valence-electron chi connectivity index (χ4n) is 11.3. The highest BCUT2D eigenvalue weighted by atomic mass is 16.6. The van der Waals surface area contributed by atoms with E-state index < -0.39 is 0 Å². The molecule has 0 N–H and O–H groups in total. The molecular weight excluding hydrogens is 725 g/mol. The maximum absolute atomic E-state index is 7.07. The lowest BCUT2D eigenvalue weighted by Gasteiger charge is -2.39. The number of hydrogen-bond acceptors (Lipinski definition) is 4. The number of epoxide rings is 2. The molecule has 0 aromatic heterocycles. The average Bonchev–Trinajstić information content (AvgIpc) is 3.93. The van der Waals surface area contributed by atoms with Gasteiger partial charge in [0, 0.05) is 22.3 Å². The van der Waals surface area contributed by atoms with Crippen LogP contribution >= 0.6 is 0 Å². The third-order valence-electron chi connectivity index (χ3n) is 12.1. The molecule has 0 aliphatic carbocycles. The molecule has 0 saturated carbocycles. The van der Waals surface area contributed by atoms with E-state index in [4.69, 9.17) is 18.9 Å². The van der Waals surface area contributed by atoms with Gasteiger partial charge in [-0.1, -0.05) is 163 Å². The van der Waals surface area contributed by atoms with Crippen LogP contribution < -0.4 is 9.47 Å². The van der Waals surface area contributed by atoms with E-state index in [0.29, 0.717) is 25.4 Å². The molecule has 59 heavy (non-hydrogen) atoms. The predicted octanol–water partition coefficient (Wildman–Crippen LogP) is 15.2. The molecule has 0 radical (unpaired) electrons. The zero-order valence-corrected chi connectivity index (χ0v) is 42.3. The number of hydrogen-bond donors (Lipinski definition) is 0. The van der Waals surface area contributed by atoms with Crippen LogP contribution in [0.5, 0.6) is 11.5 Å². The first kappa shape index (κ1) is 49.6. The molecule has 4 nitrogen and oxygen atoms in total. The summed E-state index contributed by atoms with van der Waals surface area (Å²) < 4.78 is 25.3. The summed E-state index contributed by atoms with van der Waals surface area (Å²) in [5.41, 5.74) is 8.38. The quantitative estimate of drug-likeness (QED) is 0.0986. The van der Waals surface area contributed by atoms with Crippen LogP contribution in [-0.4, -0.2) is 38.6 Å². The fourth-order valence-corrected chi connectivity index (χ4v) is 11.3. The second kappa shape index (κ2) is 18.0. The van der Waals surface area contributed by atoms with E-state index in [-0.39, 0.29) is 43.3 Å². The molecule has 2 unspecified atom stereocenters. The molecule has 4 heteroatoms. The van der Waals surface area contributed by atoms with Crippen LogP contribution in [0, 0.1) is 21.7 Å². The smallest absolute Gasteiger partial charge is 0.126 e. The van der Waals surface area contributed by atoms with Crippen molar-refractivity contribution < 1.29 is 18.9 Å². The lowest BCUT2D eigenvalue weighted by Crippen LogP contribution is -2.30. The molecule has 4 rings (SSSR count). The molecular formula is C55H92O4. The van der Waals surface area contributed by atoms with Gasteiger partial charge in [-0.3, -0.25) is 0 Å². The van der Waals surface area contributed by atoms with E-state index in [9.17, 15) is 0 Å². The van der Waals surface area contributed by atoms with Crippen LogP contribution in [0.1, 0.15) is 223 Å². The van der Waals surface area contributed by atoms with Gasteiger partial charge in [-0.15, -0.1) is 0 Å². The summed E-state index contributed by atoms with van der Waals surface area (Å²) in [7, 11) is 0. The van der Waals surface area contributed by atoms with E-state index in [2.05, 4.69) is 163 Å². The Morgan fingerprint density at radius 2 is 0.661 bits per heavy atom. The fraction of sp³-hybridized carbons (Fsp3) is 0.782. The van der Waals surface area contributed by atoms with Crippen LogP contribution in [0.4, 0.5) is 0 Å². The normalized spacial score (nSPS) is 18.3. The monoisotopic (exact) mass is 817 g/mol. The first-order chi connectivity index (χ1) is 26.7. The van der Waals surface area contributed by atoms with Crippen LogP contribution in [0.2, 0.25) is 0 Å². The summed E-state index contributed by atoms with van der Waals surface area (Å²) in [6.07, 6.45) is 10.1. The molecule has 0 spiro atoms. The lowest BCUT2D eigenvalue weighted by atomic mass is 9.67. The Hall–Kier alpha value is -2.04. The Labute approximate surface area is 365 Å². The van der Waals surface area contributed by atoms with Crippen molar-refractivity contribution in [2.75, 3.05) is 26.4 Å². The zero-order valence-electron chi connectivity index (χ0n) is 42.3. The largest absolute Gasteiger partial charge is 0.493 e. The maximum Gasteiger partial charge on any atom is 0.126 e. The van der Waals surface area contributed by atoms with Gasteiger partial charge in [0.15, 0.2) is 0 Å². The number of benzene rings is 2. The molecule has 2 aromatic carbocycles. The van der Waals surface area contributed by atoms with Gasteiger partial charge in [-0.25, -0.2) is 0 Å². The summed E-state index contributed by atoms with van der Waals surface area (Å²) in [6, 6.07) is 10.1. The molecule has 2 aromatic rings. The van der Waals surface area contributed by atoms with Gasteiger partial charge < -0.3 is 18.9 Å². The minimum atomic E-state index is -0.0985. The Morgan fingerprint density at radius 1 is 0.424 bits per heavy atom. The van der Waals surface area contributed by atoms with E-state index in [1.54, 1.807) is 0 Å². The molecule has 2 heterocycles. The minimum Gasteiger partial charge on any atom is -0.493 e. The van der Waals surface area contributed by atoms with Crippen LogP contribution in [0.25, 0.3) is 0 Å². The second-order valence-corrected chi connectivity index (χ2v) is 26.6. The summed E-state index contributed by atoms with van der Waals surface area (Å²) in [6.45, 7) is 51.4. The van der Waals surface area contributed by atoms with E-state index >= 15 is 0 Å². The van der Waals surface area contributed by atoms with Crippen LogP contribution in [-0.2, 0) is 37.6 Å². The summed E-state index contributed by atoms with van der Waals surface area (Å²) in [4.78, 5) is 0. The maximum atomic E-state index is 7.07. The summed E-state index contributed by atoms with van der Waals surface area (Å²) >= 11 is 0. The van der Waals surface area contributed by atoms with Gasteiger partial charge in [0.25, 0.3) is 0 Å². The molecule has 2 aliphatic heterocycles. The van der Waals surface area contributed by atoms with Crippen molar-refractivity contribution in [1.29, 1.82) is 0 Å². The van der Waals surface area contributed by atoms with Gasteiger partial charge in [0.2, 0.25) is 0 Å². The highest BCUT2D eigenvalue weighted by Crippen LogP contribution is 2.50. The van der Waals surface area contributed by atoms with Crippen molar-refractivity contribution in [2.45, 2.75) is 230 Å². The summed E-state index contributed by atoms with van der Waals surface area (Å²) in [5, 5.41) is 0. The van der Waals surface area contributed by atoms with Gasteiger partial charge >= 0.3 is 0 Å². The van der Waals surface area contributed by atoms with Crippen LogP contribution in [0.15, 0.2) is 24.3 Å². The van der Waals surface area contributed by atoms with Crippen molar-refractivity contribution >= 4 is 0 Å². The molecule has 0 amide bonds. The number of rotatable bonds is 20. The first-order valence-corrected chi connectivity index (χ1v) is 23.5. The van der Waals surface area contributed by atoms with Crippen molar-refractivity contribution in [3.63, 3.8) is 0 Å². The third kappa shape index (κ3) is 15.7. The molecule has 2 saturated heterocycles. The molecule has 2 atom stereocenters. The molecule has 2 fully saturated rings. The Balaban J connectivity index is 1.98. The van der Waals surface area contributed by atoms with Gasteiger partial charge in [0.1, 0.15) is 11.5 Å². The molecule has 2 aliphatic rings. The van der Waals surface area contributed by atoms with Gasteiger partial charge in [-0.2, -0.15) is 0 Å². The third-order valence-corrected chi connectivity index (χ3v) is 12.1. The number of ether oxygens (including phenoxy) is 4. The SMILES string of the molecule is CC(C)(C)CC(C)(C)c1cc(Cc2cc(C(C)(C)CC(C)(C)C)c(OCCCC3CO3)c(C(C)(C)CC(C)(C)C)c2)cc(C(C)(C)CC(C)(C)C)c1OCCCC1CO1. The Morgan fingerprint density at radius 3 is 0.864 bits per heavy atom. The van der Waals surface area contributed by atoms with Gasteiger partial charge in [-0.05, 0) is 112 Å². The van der Waals surface area contributed by atoms with Crippen molar-refractivity contribution in [3.05, 3.63) is 57.6 Å². The highest BCUT2D eigenvalue weighted by Gasteiger charge is 2.39. The minimum absolute atomic E-state index is 0.0985. The van der Waals surface area contributed by atoms with Crippen molar-refractivity contribution in [1.82, 2.24) is 0 Å². The van der Waals surface area contributed by atoms with Crippen molar-refractivity contribution in [3.8, 4) is 11.5 Å². The second-order valence-electron chi connectivity index (χ2n) is 26.6. The average molecular weight is 817 g/mol. The van der Waals surface area contributed by atoms with Crippen LogP contribution in [0.3, 0.4) is 0 Å². The van der Waals surface area contributed by atoms with Crippen molar-refractivity contribution in [2.24, 2.45) is 21.7 Å². The summed E-state index contributed by atoms with van der Waals surface area (Å²) in [5.74, 6) is 2.24. The molecule has 0 bridgehead atoms. The predicted molar refractivity (Wildman–Crippen MR) is 253 cm³/mol. The first-order valence-electron chi connectivity index (χ1n) is 23.5. The van der Waals surface area contributed by atoms with E-state index in [0.717, 1.165) is 82.5 Å². The lowest BCUT2D eigenvalue weighted by molar-refractivity contribution is 0.244. The standard InChI is InChI=1S/C55H92O4/c1-48(2,3)34-52(13,14)42-28-38(29-43(53(15,16)35-49(4,5)6)46(42)56-25-21-23-40-32-58-40)27-39-30-44(54(17,18)36-50(7,8)9)47(57-26-22-24-41-33-59-41)45(31-39)55(19,20)37-51(10,11)12/h28-31,40-41H,21-27,32-37H2,1-20H3. The van der Waals surface area contributed by atoms with Gasteiger partial charge in [0.05, 0.1) is 38.6 Å².